The molecular formula is C31H34N2O4. The third kappa shape index (κ3) is 5.61. The van der Waals surface area contributed by atoms with Crippen LogP contribution in [0.4, 0.5) is 0 Å². The number of hydrogen-bond acceptors (Lipinski definition) is 6. The summed E-state index contributed by atoms with van der Waals surface area (Å²) in [4.78, 5) is 19.1. The predicted molar refractivity (Wildman–Crippen MR) is 143 cm³/mol. The minimum Gasteiger partial charge on any atom is -0.497 e. The third-order valence-electron chi connectivity index (χ3n) is 6.95. The van der Waals surface area contributed by atoms with Crippen molar-refractivity contribution >= 4 is 5.78 Å². The largest absolute Gasteiger partial charge is 0.497 e. The van der Waals surface area contributed by atoms with Crippen LogP contribution in [0.1, 0.15) is 82.4 Å². The number of ether oxygens (including phenoxy) is 3. The van der Waals surface area contributed by atoms with Crippen LogP contribution in [0.15, 0.2) is 42.5 Å². The lowest BCUT2D eigenvalue weighted by Crippen LogP contribution is -2.22. The number of nitrogens with zero attached hydrogens (tertiary/aromatic N) is 2. The van der Waals surface area contributed by atoms with Gasteiger partial charge in [-0.05, 0) is 92.1 Å². The molecule has 6 heteroatoms. The highest BCUT2D eigenvalue weighted by molar-refractivity contribution is 6.11. The molecule has 0 amide bonds. The van der Waals surface area contributed by atoms with Crippen LogP contribution in [0.5, 0.6) is 17.4 Å². The minimum absolute atomic E-state index is 0.00259. The minimum atomic E-state index is -0.113. The van der Waals surface area contributed by atoms with E-state index < -0.39 is 0 Å². The Bertz CT molecular complexity index is 1330. The SMILES string of the molecule is COc1ccc(OCC(c2c(C)nc(OC)c(C(C)C)c2C(=O)c2cc(C)cc(C#N)c2)C2CC2)cc1. The van der Waals surface area contributed by atoms with Crippen LogP contribution in [0.3, 0.4) is 0 Å². The topological polar surface area (TPSA) is 81.4 Å². The van der Waals surface area contributed by atoms with E-state index in [0.717, 1.165) is 46.7 Å². The Balaban J connectivity index is 1.85. The standard InChI is InChI=1S/C31H34N2O4/c1-18(2)27-29(30(34)23-14-19(3)13-21(15-23)16-32)28(20(4)33-31(27)36-6)26(22-7-8-22)17-37-25-11-9-24(35-5)10-12-25/h9-15,18,22,26H,7-8,17H2,1-6H3. The number of nitriles is 1. The summed E-state index contributed by atoms with van der Waals surface area (Å²) in [6, 6.07) is 15.0. The zero-order valence-electron chi connectivity index (χ0n) is 22.4. The van der Waals surface area contributed by atoms with E-state index in [1.165, 1.54) is 0 Å². The van der Waals surface area contributed by atoms with Crippen molar-refractivity contribution in [2.45, 2.75) is 52.4 Å². The Morgan fingerprint density at radius 3 is 2.27 bits per heavy atom. The van der Waals surface area contributed by atoms with Gasteiger partial charge in [-0.15, -0.1) is 0 Å². The van der Waals surface area contributed by atoms with Gasteiger partial charge in [0.2, 0.25) is 5.88 Å². The molecule has 1 saturated carbocycles. The van der Waals surface area contributed by atoms with Crippen molar-refractivity contribution in [1.29, 1.82) is 5.26 Å². The van der Waals surface area contributed by atoms with E-state index in [1.54, 1.807) is 26.4 Å². The number of pyridine rings is 1. The Morgan fingerprint density at radius 2 is 1.70 bits per heavy atom. The molecule has 3 aromatic rings. The van der Waals surface area contributed by atoms with Crippen molar-refractivity contribution in [2.75, 3.05) is 20.8 Å². The summed E-state index contributed by atoms with van der Waals surface area (Å²) in [5.41, 5.74) is 4.95. The highest BCUT2D eigenvalue weighted by Crippen LogP contribution is 2.47. The van der Waals surface area contributed by atoms with Gasteiger partial charge >= 0.3 is 0 Å². The maximum Gasteiger partial charge on any atom is 0.217 e. The van der Waals surface area contributed by atoms with E-state index >= 15 is 0 Å². The first-order chi connectivity index (χ1) is 17.8. The maximum atomic E-state index is 14.3. The summed E-state index contributed by atoms with van der Waals surface area (Å²) in [6.45, 7) is 8.37. The normalized spacial score (nSPS) is 13.7. The van der Waals surface area contributed by atoms with Gasteiger partial charge in [-0.3, -0.25) is 4.79 Å². The van der Waals surface area contributed by atoms with Gasteiger partial charge in [-0.1, -0.05) is 13.8 Å². The second kappa shape index (κ2) is 11.0. The first-order valence-electron chi connectivity index (χ1n) is 12.7. The number of aromatic nitrogens is 1. The highest BCUT2D eigenvalue weighted by Gasteiger charge is 2.38. The lowest BCUT2D eigenvalue weighted by Gasteiger charge is -2.26. The number of carbonyl (C=O) groups excluding carboxylic acids is 1. The lowest BCUT2D eigenvalue weighted by molar-refractivity contribution is 0.103. The van der Waals surface area contributed by atoms with Gasteiger partial charge in [-0.25, -0.2) is 4.98 Å². The number of benzene rings is 2. The molecule has 0 saturated heterocycles. The molecule has 4 rings (SSSR count). The molecule has 1 heterocycles. The highest BCUT2D eigenvalue weighted by atomic mass is 16.5. The van der Waals surface area contributed by atoms with E-state index in [1.807, 2.05) is 58.0 Å². The van der Waals surface area contributed by atoms with E-state index in [0.29, 0.717) is 35.1 Å². The molecule has 0 N–H and O–H groups in total. The van der Waals surface area contributed by atoms with E-state index in [2.05, 4.69) is 6.07 Å². The number of methoxy groups -OCH3 is 2. The first kappa shape index (κ1) is 26.2. The average Bonchev–Trinajstić information content (AvgIpc) is 3.73. The monoisotopic (exact) mass is 498 g/mol. The molecule has 192 valence electrons. The Morgan fingerprint density at radius 1 is 1.03 bits per heavy atom. The van der Waals surface area contributed by atoms with Gasteiger partial charge in [0.25, 0.3) is 0 Å². The first-order valence-corrected chi connectivity index (χ1v) is 12.7. The molecule has 0 aliphatic heterocycles. The van der Waals surface area contributed by atoms with Crippen LogP contribution in [0.25, 0.3) is 0 Å². The molecule has 6 nitrogen and oxygen atoms in total. The molecule has 0 radical (unpaired) electrons. The van der Waals surface area contributed by atoms with Crippen molar-refractivity contribution in [1.82, 2.24) is 4.98 Å². The smallest absolute Gasteiger partial charge is 0.217 e. The summed E-state index contributed by atoms with van der Waals surface area (Å²) in [7, 11) is 3.23. The van der Waals surface area contributed by atoms with Crippen LogP contribution in [-0.4, -0.2) is 31.6 Å². The summed E-state index contributed by atoms with van der Waals surface area (Å²) in [5, 5.41) is 9.53. The second-order valence-electron chi connectivity index (χ2n) is 10.0. The average molecular weight is 499 g/mol. The fourth-order valence-electron chi connectivity index (χ4n) is 5.03. The van der Waals surface area contributed by atoms with Crippen molar-refractivity contribution < 1.29 is 19.0 Å². The number of hydrogen-bond donors (Lipinski definition) is 0. The lowest BCUT2D eigenvalue weighted by atomic mass is 9.81. The van der Waals surface area contributed by atoms with Gasteiger partial charge in [0.15, 0.2) is 5.78 Å². The van der Waals surface area contributed by atoms with E-state index in [4.69, 9.17) is 19.2 Å². The quantitative estimate of drug-likeness (QED) is 0.296. The number of ketones is 1. The molecular weight excluding hydrogens is 464 g/mol. The Hall–Kier alpha value is -3.85. The van der Waals surface area contributed by atoms with Crippen LogP contribution < -0.4 is 14.2 Å². The predicted octanol–water partition coefficient (Wildman–Crippen LogP) is 6.51. The Kier molecular flexibility index (Phi) is 7.83. The van der Waals surface area contributed by atoms with Crippen molar-refractivity contribution in [2.24, 2.45) is 5.92 Å². The second-order valence-corrected chi connectivity index (χ2v) is 10.0. The van der Waals surface area contributed by atoms with Gasteiger partial charge in [0, 0.05) is 28.3 Å². The molecule has 2 aromatic carbocycles. The van der Waals surface area contributed by atoms with Crippen molar-refractivity contribution in [3.63, 3.8) is 0 Å². The zero-order chi connectivity index (χ0) is 26.7. The van der Waals surface area contributed by atoms with Crippen LogP contribution in [0, 0.1) is 31.1 Å². The van der Waals surface area contributed by atoms with Gasteiger partial charge in [0.05, 0.1) is 32.5 Å². The Labute approximate surface area is 219 Å². The maximum absolute atomic E-state index is 14.3. The molecule has 1 unspecified atom stereocenters. The number of aryl methyl sites for hydroxylation is 2. The van der Waals surface area contributed by atoms with Gasteiger partial charge < -0.3 is 14.2 Å². The van der Waals surface area contributed by atoms with Crippen LogP contribution in [0.2, 0.25) is 0 Å². The van der Waals surface area contributed by atoms with E-state index in [9.17, 15) is 10.1 Å². The van der Waals surface area contributed by atoms with Gasteiger partial charge in [-0.2, -0.15) is 5.26 Å². The molecule has 0 bridgehead atoms. The molecule has 1 aliphatic carbocycles. The van der Waals surface area contributed by atoms with Crippen LogP contribution >= 0.6 is 0 Å². The summed E-state index contributed by atoms with van der Waals surface area (Å²) >= 11 is 0. The van der Waals surface area contributed by atoms with Crippen molar-refractivity contribution in [3.05, 3.63) is 81.5 Å². The number of rotatable bonds is 10. The fourth-order valence-corrected chi connectivity index (χ4v) is 5.03. The molecule has 1 atom stereocenters. The van der Waals surface area contributed by atoms with E-state index in [-0.39, 0.29) is 17.6 Å². The molecule has 1 aromatic heterocycles. The summed E-state index contributed by atoms with van der Waals surface area (Å²) < 4.78 is 17.2. The number of carbonyl (C=O) groups is 1. The molecule has 1 fully saturated rings. The summed E-state index contributed by atoms with van der Waals surface area (Å²) in [5.74, 6) is 2.29. The fraction of sp³-hybridized carbons (Fsp3) is 0.387. The third-order valence-corrected chi connectivity index (χ3v) is 6.95. The van der Waals surface area contributed by atoms with Gasteiger partial charge in [0.1, 0.15) is 11.5 Å². The van der Waals surface area contributed by atoms with Crippen LogP contribution in [-0.2, 0) is 0 Å². The van der Waals surface area contributed by atoms with Crippen molar-refractivity contribution in [3.8, 4) is 23.4 Å². The summed E-state index contributed by atoms with van der Waals surface area (Å²) in [6.07, 6.45) is 2.16. The zero-order valence-corrected chi connectivity index (χ0v) is 22.4. The molecule has 37 heavy (non-hydrogen) atoms. The molecule has 0 spiro atoms. The molecule has 1 aliphatic rings.